The van der Waals surface area contributed by atoms with Gasteiger partial charge in [0.2, 0.25) is 0 Å². The molecule has 21 heavy (non-hydrogen) atoms. The first-order chi connectivity index (χ1) is 10.1. The molecule has 2 aromatic heterocycles. The maximum atomic E-state index is 12.2. The lowest BCUT2D eigenvalue weighted by atomic mass is 10.2. The first-order valence-corrected chi connectivity index (χ1v) is 7.27. The number of carbonyl (C=O) groups excluding carboxylic acids is 1. The molecule has 8 heteroatoms. The van der Waals surface area contributed by atoms with Gasteiger partial charge in [-0.3, -0.25) is 4.79 Å². The van der Waals surface area contributed by atoms with E-state index >= 15 is 0 Å². The van der Waals surface area contributed by atoms with Gasteiger partial charge in [-0.2, -0.15) is 5.10 Å². The van der Waals surface area contributed by atoms with E-state index in [9.17, 15) is 4.79 Å². The third-order valence-corrected chi connectivity index (χ3v) is 3.73. The number of aryl methyl sites for hydroxylation is 1. The first kappa shape index (κ1) is 13.7. The second-order valence-electron chi connectivity index (χ2n) is 4.21. The van der Waals surface area contributed by atoms with E-state index in [-0.39, 0.29) is 5.91 Å². The zero-order valence-electron chi connectivity index (χ0n) is 10.9. The molecule has 0 bridgehead atoms. The van der Waals surface area contributed by atoms with E-state index < -0.39 is 0 Å². The van der Waals surface area contributed by atoms with Crippen LogP contribution in [0.25, 0.3) is 5.69 Å². The van der Waals surface area contributed by atoms with Crippen molar-refractivity contribution in [3.8, 4) is 5.69 Å². The largest absolute Gasteiger partial charge is 0.319 e. The fourth-order valence-electron chi connectivity index (χ4n) is 1.79. The predicted molar refractivity (Wildman–Crippen MR) is 81.2 cm³/mol. The summed E-state index contributed by atoms with van der Waals surface area (Å²) in [5.41, 5.74) is 1.60. The van der Waals surface area contributed by atoms with E-state index in [0.29, 0.717) is 22.1 Å². The van der Waals surface area contributed by atoms with Crippen LogP contribution in [0.5, 0.6) is 0 Å². The van der Waals surface area contributed by atoms with Gasteiger partial charge in [0, 0.05) is 10.4 Å². The van der Waals surface area contributed by atoms with Crippen LogP contribution in [-0.4, -0.2) is 25.7 Å². The summed E-state index contributed by atoms with van der Waals surface area (Å²) in [6, 6.07) is 5.15. The van der Waals surface area contributed by atoms with E-state index in [1.807, 2.05) is 6.92 Å². The molecule has 0 saturated heterocycles. The average Bonchev–Trinajstić information content (AvgIpc) is 3.10. The number of aromatic nitrogens is 4. The zero-order valence-corrected chi connectivity index (χ0v) is 12.5. The number of carbonyl (C=O) groups is 1. The van der Waals surface area contributed by atoms with Gasteiger partial charge in [0.15, 0.2) is 0 Å². The van der Waals surface area contributed by atoms with Crippen LogP contribution in [0.4, 0.5) is 5.69 Å². The Labute approximate surface area is 129 Å². The molecule has 0 unspecified atom stereocenters. The van der Waals surface area contributed by atoms with Gasteiger partial charge in [-0.05, 0) is 25.1 Å². The standard InChI is InChI=1S/C13H10ClN5OS/c1-8-17-11(5-21-8)13(20)18-10-4-9(14)2-3-12(10)19-7-15-6-16-19/h2-7H,1H3,(H,18,20). The molecule has 106 valence electrons. The number of anilines is 1. The lowest BCUT2D eigenvalue weighted by Gasteiger charge is -2.10. The van der Waals surface area contributed by atoms with E-state index in [1.165, 1.54) is 17.7 Å². The second-order valence-corrected chi connectivity index (χ2v) is 5.71. The molecule has 3 aromatic rings. The van der Waals surface area contributed by atoms with Crippen LogP contribution < -0.4 is 5.32 Å². The second kappa shape index (κ2) is 5.63. The van der Waals surface area contributed by atoms with Gasteiger partial charge in [0.1, 0.15) is 18.3 Å². The number of nitrogens with one attached hydrogen (secondary N) is 1. The Balaban J connectivity index is 1.94. The van der Waals surface area contributed by atoms with Gasteiger partial charge in [0.25, 0.3) is 5.91 Å². The van der Waals surface area contributed by atoms with Crippen molar-refractivity contribution < 1.29 is 4.79 Å². The summed E-state index contributed by atoms with van der Waals surface area (Å²) in [6.07, 6.45) is 2.97. The maximum absolute atomic E-state index is 12.2. The molecule has 0 aliphatic rings. The minimum atomic E-state index is -0.289. The van der Waals surface area contributed by atoms with Crippen LogP contribution in [0, 0.1) is 6.92 Å². The topological polar surface area (TPSA) is 72.7 Å². The smallest absolute Gasteiger partial charge is 0.275 e. The molecule has 0 radical (unpaired) electrons. The molecular weight excluding hydrogens is 310 g/mol. The van der Waals surface area contributed by atoms with Crippen molar-refractivity contribution in [3.63, 3.8) is 0 Å². The van der Waals surface area contributed by atoms with E-state index in [4.69, 9.17) is 11.6 Å². The molecule has 1 aromatic carbocycles. The molecule has 1 N–H and O–H groups in total. The van der Waals surface area contributed by atoms with Gasteiger partial charge >= 0.3 is 0 Å². The number of benzene rings is 1. The average molecular weight is 320 g/mol. The quantitative estimate of drug-likeness (QED) is 0.805. The summed E-state index contributed by atoms with van der Waals surface area (Å²) >= 11 is 7.42. The van der Waals surface area contributed by atoms with Gasteiger partial charge in [0.05, 0.1) is 16.4 Å². The van der Waals surface area contributed by atoms with Crippen LogP contribution in [0.1, 0.15) is 15.5 Å². The van der Waals surface area contributed by atoms with Crippen molar-refractivity contribution in [1.82, 2.24) is 19.7 Å². The Morgan fingerprint density at radius 2 is 2.29 bits per heavy atom. The molecule has 0 atom stereocenters. The highest BCUT2D eigenvalue weighted by Crippen LogP contribution is 2.24. The molecule has 0 fully saturated rings. The van der Waals surface area contributed by atoms with E-state index in [0.717, 1.165) is 5.01 Å². The Bertz CT molecular complexity index is 784. The summed E-state index contributed by atoms with van der Waals surface area (Å²) in [5.74, 6) is -0.289. The molecule has 6 nitrogen and oxygen atoms in total. The third kappa shape index (κ3) is 2.93. The van der Waals surface area contributed by atoms with Crippen LogP contribution in [0.15, 0.2) is 36.2 Å². The summed E-state index contributed by atoms with van der Waals surface area (Å²) < 4.78 is 1.55. The summed E-state index contributed by atoms with van der Waals surface area (Å²) in [4.78, 5) is 20.3. The number of amides is 1. The summed E-state index contributed by atoms with van der Waals surface area (Å²) in [6.45, 7) is 1.85. The third-order valence-electron chi connectivity index (χ3n) is 2.72. The normalized spacial score (nSPS) is 10.6. The van der Waals surface area contributed by atoms with Gasteiger partial charge < -0.3 is 5.32 Å². The monoisotopic (exact) mass is 319 g/mol. The molecule has 2 heterocycles. The lowest BCUT2D eigenvalue weighted by Crippen LogP contribution is -2.14. The van der Waals surface area contributed by atoms with Crippen molar-refractivity contribution in [2.45, 2.75) is 6.92 Å². The van der Waals surface area contributed by atoms with E-state index in [2.05, 4.69) is 20.4 Å². The van der Waals surface area contributed by atoms with Gasteiger partial charge in [-0.15, -0.1) is 11.3 Å². The van der Waals surface area contributed by atoms with Crippen molar-refractivity contribution >= 4 is 34.5 Å². The van der Waals surface area contributed by atoms with Crippen LogP contribution in [0.3, 0.4) is 0 Å². The van der Waals surface area contributed by atoms with E-state index in [1.54, 1.807) is 34.6 Å². The van der Waals surface area contributed by atoms with Crippen molar-refractivity contribution in [2.75, 3.05) is 5.32 Å². The van der Waals surface area contributed by atoms with Crippen molar-refractivity contribution in [1.29, 1.82) is 0 Å². The fourth-order valence-corrected chi connectivity index (χ4v) is 2.56. The lowest BCUT2D eigenvalue weighted by molar-refractivity contribution is 0.102. The number of nitrogens with zero attached hydrogens (tertiary/aromatic N) is 4. The Hall–Kier alpha value is -2.25. The van der Waals surface area contributed by atoms with Gasteiger partial charge in [-0.1, -0.05) is 11.6 Å². The SMILES string of the molecule is Cc1nc(C(=O)Nc2cc(Cl)ccc2-n2cncn2)cs1. The Morgan fingerprint density at radius 1 is 1.43 bits per heavy atom. The zero-order chi connectivity index (χ0) is 14.8. The molecule has 0 spiro atoms. The summed E-state index contributed by atoms with van der Waals surface area (Å²) in [7, 11) is 0. The highest BCUT2D eigenvalue weighted by molar-refractivity contribution is 7.09. The number of hydrogen-bond donors (Lipinski definition) is 1. The highest BCUT2D eigenvalue weighted by Gasteiger charge is 2.13. The van der Waals surface area contributed by atoms with Crippen molar-refractivity contribution in [2.24, 2.45) is 0 Å². The Morgan fingerprint density at radius 3 is 2.95 bits per heavy atom. The van der Waals surface area contributed by atoms with Crippen LogP contribution >= 0.6 is 22.9 Å². The molecule has 0 saturated carbocycles. The molecule has 3 rings (SSSR count). The fraction of sp³-hybridized carbons (Fsp3) is 0.0769. The number of rotatable bonds is 3. The maximum Gasteiger partial charge on any atom is 0.275 e. The number of hydrogen-bond acceptors (Lipinski definition) is 5. The number of thiazole rings is 1. The highest BCUT2D eigenvalue weighted by atomic mass is 35.5. The molecule has 0 aliphatic carbocycles. The molecule has 1 amide bonds. The van der Waals surface area contributed by atoms with Gasteiger partial charge in [-0.25, -0.2) is 14.6 Å². The number of halogens is 1. The first-order valence-electron chi connectivity index (χ1n) is 6.01. The summed E-state index contributed by atoms with van der Waals surface area (Å²) in [5, 5.41) is 9.93. The Kier molecular flexibility index (Phi) is 3.68. The predicted octanol–water partition coefficient (Wildman–Crippen LogP) is 2.94. The molecular formula is C13H10ClN5OS. The molecule has 0 aliphatic heterocycles. The minimum Gasteiger partial charge on any atom is -0.319 e. The van der Waals surface area contributed by atoms with Crippen molar-refractivity contribution in [3.05, 3.63) is 52.0 Å². The minimum absolute atomic E-state index is 0.289. The van der Waals surface area contributed by atoms with Crippen LogP contribution in [0.2, 0.25) is 5.02 Å². The van der Waals surface area contributed by atoms with Crippen LogP contribution in [-0.2, 0) is 0 Å².